The fourth-order valence-electron chi connectivity index (χ4n) is 2.08. The standard InChI is InChI=1S/C13H16N2O5/c1-19-13(16)10-2-3-11(12(6-10)15(17)18)14-7-9-4-5-20-8-9/h2-3,6,9,14H,4-5,7-8H2,1H3. The number of hydrogen-bond donors (Lipinski definition) is 1. The number of nitrogens with zero attached hydrogens (tertiary/aromatic N) is 1. The third-order valence-electron chi connectivity index (χ3n) is 3.22. The normalized spacial score (nSPS) is 17.8. The van der Waals surface area contributed by atoms with Crippen molar-refractivity contribution in [3.8, 4) is 0 Å². The zero-order valence-corrected chi connectivity index (χ0v) is 11.1. The Labute approximate surface area is 116 Å². The predicted molar refractivity (Wildman–Crippen MR) is 71.9 cm³/mol. The lowest BCUT2D eigenvalue weighted by Gasteiger charge is -2.11. The van der Waals surface area contributed by atoms with Crippen molar-refractivity contribution in [1.29, 1.82) is 0 Å². The second-order valence-corrected chi connectivity index (χ2v) is 4.59. The monoisotopic (exact) mass is 280 g/mol. The summed E-state index contributed by atoms with van der Waals surface area (Å²) >= 11 is 0. The quantitative estimate of drug-likeness (QED) is 0.502. The summed E-state index contributed by atoms with van der Waals surface area (Å²) in [5, 5.41) is 14.1. The van der Waals surface area contributed by atoms with Gasteiger partial charge in [-0.05, 0) is 18.6 Å². The molecule has 7 heteroatoms. The second kappa shape index (κ2) is 6.33. The third-order valence-corrected chi connectivity index (χ3v) is 3.22. The largest absolute Gasteiger partial charge is 0.465 e. The number of nitro groups is 1. The number of anilines is 1. The van der Waals surface area contributed by atoms with E-state index in [9.17, 15) is 14.9 Å². The molecule has 1 saturated heterocycles. The molecule has 1 atom stereocenters. The number of hydrogen-bond acceptors (Lipinski definition) is 6. The van der Waals surface area contributed by atoms with Crippen LogP contribution >= 0.6 is 0 Å². The predicted octanol–water partition coefficient (Wildman–Crippen LogP) is 1.83. The molecule has 1 aliphatic rings. The Morgan fingerprint density at radius 3 is 3.00 bits per heavy atom. The number of benzene rings is 1. The number of carbonyl (C=O) groups is 1. The summed E-state index contributed by atoms with van der Waals surface area (Å²) < 4.78 is 9.81. The van der Waals surface area contributed by atoms with Gasteiger partial charge in [0.25, 0.3) is 5.69 Å². The van der Waals surface area contributed by atoms with Gasteiger partial charge in [0.2, 0.25) is 0 Å². The van der Waals surface area contributed by atoms with E-state index in [4.69, 9.17) is 4.74 Å². The molecule has 1 aromatic carbocycles. The number of nitrogens with one attached hydrogen (secondary N) is 1. The Balaban J connectivity index is 2.14. The van der Waals surface area contributed by atoms with Crippen LogP contribution in [0, 0.1) is 16.0 Å². The van der Waals surface area contributed by atoms with E-state index in [0.29, 0.717) is 24.8 Å². The van der Waals surface area contributed by atoms with Crippen LogP contribution in [0.25, 0.3) is 0 Å². The van der Waals surface area contributed by atoms with Crippen molar-refractivity contribution >= 4 is 17.3 Å². The van der Waals surface area contributed by atoms with E-state index in [1.54, 1.807) is 0 Å². The molecule has 0 aromatic heterocycles. The molecule has 0 aliphatic carbocycles. The molecule has 1 aliphatic heterocycles. The van der Waals surface area contributed by atoms with E-state index < -0.39 is 10.9 Å². The fraction of sp³-hybridized carbons (Fsp3) is 0.462. The molecule has 1 fully saturated rings. The number of rotatable bonds is 5. The first-order chi connectivity index (χ1) is 9.61. The number of carbonyl (C=O) groups excluding carboxylic acids is 1. The first kappa shape index (κ1) is 14.3. The minimum absolute atomic E-state index is 0.133. The molecule has 0 spiro atoms. The SMILES string of the molecule is COC(=O)c1ccc(NCC2CCOC2)c([N+](=O)[O-])c1. The van der Waals surface area contributed by atoms with E-state index in [-0.39, 0.29) is 11.3 Å². The van der Waals surface area contributed by atoms with Crippen LogP contribution in [0.2, 0.25) is 0 Å². The second-order valence-electron chi connectivity index (χ2n) is 4.59. The van der Waals surface area contributed by atoms with E-state index >= 15 is 0 Å². The third kappa shape index (κ3) is 3.24. The van der Waals surface area contributed by atoms with Gasteiger partial charge < -0.3 is 14.8 Å². The van der Waals surface area contributed by atoms with Crippen molar-refractivity contribution in [1.82, 2.24) is 0 Å². The molecular weight excluding hydrogens is 264 g/mol. The smallest absolute Gasteiger partial charge is 0.338 e. The van der Waals surface area contributed by atoms with Gasteiger partial charge in [0.15, 0.2) is 0 Å². The summed E-state index contributed by atoms with van der Waals surface area (Å²) in [7, 11) is 1.24. The van der Waals surface area contributed by atoms with Crippen molar-refractivity contribution in [2.24, 2.45) is 5.92 Å². The highest BCUT2D eigenvalue weighted by Crippen LogP contribution is 2.26. The molecule has 20 heavy (non-hydrogen) atoms. The molecule has 1 aromatic rings. The van der Waals surface area contributed by atoms with Gasteiger partial charge in [0.1, 0.15) is 5.69 Å². The molecule has 1 heterocycles. The Morgan fingerprint density at radius 1 is 1.60 bits per heavy atom. The number of methoxy groups -OCH3 is 1. The van der Waals surface area contributed by atoms with Crippen molar-refractivity contribution in [2.45, 2.75) is 6.42 Å². The summed E-state index contributed by atoms with van der Waals surface area (Å²) in [6.45, 7) is 2.01. The number of esters is 1. The lowest BCUT2D eigenvalue weighted by atomic mass is 10.1. The van der Waals surface area contributed by atoms with Crippen LogP contribution in [-0.2, 0) is 9.47 Å². The van der Waals surface area contributed by atoms with E-state index in [0.717, 1.165) is 13.0 Å². The topological polar surface area (TPSA) is 90.7 Å². The molecular formula is C13H16N2O5. The molecule has 0 saturated carbocycles. The van der Waals surface area contributed by atoms with Crippen LogP contribution < -0.4 is 5.32 Å². The van der Waals surface area contributed by atoms with Gasteiger partial charge in [-0.15, -0.1) is 0 Å². The van der Waals surface area contributed by atoms with Gasteiger partial charge in [0.05, 0.1) is 24.2 Å². The van der Waals surface area contributed by atoms with Gasteiger partial charge in [-0.1, -0.05) is 0 Å². The molecule has 7 nitrogen and oxygen atoms in total. The zero-order valence-electron chi connectivity index (χ0n) is 11.1. The molecule has 108 valence electrons. The van der Waals surface area contributed by atoms with Crippen molar-refractivity contribution < 1.29 is 19.2 Å². The Morgan fingerprint density at radius 2 is 2.40 bits per heavy atom. The number of ether oxygens (including phenoxy) is 2. The van der Waals surface area contributed by atoms with E-state index in [1.807, 2.05) is 0 Å². The lowest BCUT2D eigenvalue weighted by Crippen LogP contribution is -2.15. The van der Waals surface area contributed by atoms with Crippen LogP contribution in [0.4, 0.5) is 11.4 Å². The Kier molecular flexibility index (Phi) is 4.52. The maximum Gasteiger partial charge on any atom is 0.338 e. The minimum atomic E-state index is -0.594. The summed E-state index contributed by atoms with van der Waals surface area (Å²) in [5.41, 5.74) is 0.426. The van der Waals surface area contributed by atoms with Gasteiger partial charge in [-0.3, -0.25) is 10.1 Å². The summed E-state index contributed by atoms with van der Waals surface area (Å²) in [6, 6.07) is 4.26. The van der Waals surface area contributed by atoms with Gasteiger partial charge in [-0.2, -0.15) is 0 Å². The van der Waals surface area contributed by atoms with Crippen LogP contribution in [-0.4, -0.2) is 37.8 Å². The van der Waals surface area contributed by atoms with Crippen LogP contribution in [0.5, 0.6) is 0 Å². The highest BCUT2D eigenvalue weighted by molar-refractivity contribution is 5.91. The van der Waals surface area contributed by atoms with E-state index in [2.05, 4.69) is 10.1 Å². The summed E-state index contributed by atoms with van der Waals surface area (Å²) in [4.78, 5) is 21.9. The highest BCUT2D eigenvalue weighted by atomic mass is 16.6. The average Bonchev–Trinajstić information content (AvgIpc) is 2.97. The minimum Gasteiger partial charge on any atom is -0.465 e. The van der Waals surface area contributed by atoms with Gasteiger partial charge in [-0.25, -0.2) is 4.79 Å². The molecule has 0 amide bonds. The van der Waals surface area contributed by atoms with Gasteiger partial charge in [0, 0.05) is 25.1 Å². The zero-order chi connectivity index (χ0) is 14.5. The fourth-order valence-corrected chi connectivity index (χ4v) is 2.08. The van der Waals surface area contributed by atoms with Crippen molar-refractivity contribution in [3.05, 3.63) is 33.9 Å². The van der Waals surface area contributed by atoms with Crippen LogP contribution in [0.3, 0.4) is 0 Å². The summed E-state index contributed by atoms with van der Waals surface area (Å²) in [5.74, 6) is -0.237. The maximum absolute atomic E-state index is 11.4. The van der Waals surface area contributed by atoms with Crippen LogP contribution in [0.1, 0.15) is 16.8 Å². The van der Waals surface area contributed by atoms with Gasteiger partial charge >= 0.3 is 5.97 Å². The molecule has 0 bridgehead atoms. The lowest BCUT2D eigenvalue weighted by molar-refractivity contribution is -0.384. The first-order valence-electron chi connectivity index (χ1n) is 6.30. The average molecular weight is 280 g/mol. The van der Waals surface area contributed by atoms with Crippen molar-refractivity contribution in [2.75, 3.05) is 32.2 Å². The first-order valence-corrected chi connectivity index (χ1v) is 6.30. The summed E-state index contributed by atoms with van der Waals surface area (Å²) in [6.07, 6.45) is 0.945. The van der Waals surface area contributed by atoms with Crippen LogP contribution in [0.15, 0.2) is 18.2 Å². The molecule has 0 radical (unpaired) electrons. The van der Waals surface area contributed by atoms with E-state index in [1.165, 1.54) is 25.3 Å². The highest BCUT2D eigenvalue weighted by Gasteiger charge is 2.20. The Hall–Kier alpha value is -2.15. The van der Waals surface area contributed by atoms with Crippen molar-refractivity contribution in [3.63, 3.8) is 0 Å². The molecule has 1 unspecified atom stereocenters. The maximum atomic E-state index is 11.4. The number of nitro benzene ring substituents is 1. The Bertz CT molecular complexity index is 511. The molecule has 2 rings (SSSR count). The molecule has 1 N–H and O–H groups in total.